The van der Waals surface area contributed by atoms with Crippen LogP contribution in [0, 0.1) is 0 Å². The molecule has 0 unspecified atom stereocenters. The van der Waals surface area contributed by atoms with E-state index in [1.165, 1.54) is 6.33 Å². The van der Waals surface area contributed by atoms with Gasteiger partial charge >= 0.3 is 6.09 Å². The highest BCUT2D eigenvalue weighted by Crippen LogP contribution is 2.20. The van der Waals surface area contributed by atoms with Gasteiger partial charge in [0.1, 0.15) is 17.0 Å². The molecule has 0 aliphatic heterocycles. The molecule has 0 spiro atoms. The lowest BCUT2D eigenvalue weighted by Crippen LogP contribution is -2.45. The molecule has 212 valence electrons. The van der Waals surface area contributed by atoms with Gasteiger partial charge in [0.05, 0.1) is 11.3 Å². The van der Waals surface area contributed by atoms with E-state index in [4.69, 9.17) is 16.3 Å². The molecule has 1 aromatic heterocycles. The van der Waals surface area contributed by atoms with Crippen LogP contribution in [0.15, 0.2) is 54.9 Å². The predicted molar refractivity (Wildman–Crippen MR) is 154 cm³/mol. The van der Waals surface area contributed by atoms with Crippen molar-refractivity contribution in [2.75, 3.05) is 5.32 Å². The van der Waals surface area contributed by atoms with Gasteiger partial charge in [-0.05, 0) is 77.3 Å². The number of imidazole rings is 1. The van der Waals surface area contributed by atoms with Crippen molar-refractivity contribution in [3.05, 3.63) is 82.4 Å². The zero-order valence-corrected chi connectivity index (χ0v) is 24.1. The Morgan fingerprint density at radius 3 is 2.27 bits per heavy atom. The molecule has 0 fully saturated rings. The van der Waals surface area contributed by atoms with Gasteiger partial charge in [-0.2, -0.15) is 0 Å². The maximum absolute atomic E-state index is 12.9. The third-order valence-corrected chi connectivity index (χ3v) is 6.26. The molecule has 9 nitrogen and oxygen atoms in total. The fourth-order valence-corrected chi connectivity index (χ4v) is 4.24. The molecule has 1 heterocycles. The number of carbonyl (C=O) groups excluding carboxylic acids is 4. The SMILES string of the molecule is CC(C)(CCCC(=O)c1nc[nH]c1C(=O)Nc1ccc(CC(=O)c2ccccc2Cl)cc1)NC(=O)OC(C)(C)C. The molecule has 0 bridgehead atoms. The van der Waals surface area contributed by atoms with E-state index in [0.717, 1.165) is 5.56 Å². The number of anilines is 1. The van der Waals surface area contributed by atoms with Crippen LogP contribution in [0.25, 0.3) is 0 Å². The van der Waals surface area contributed by atoms with Gasteiger partial charge in [-0.25, -0.2) is 9.78 Å². The first-order valence-electron chi connectivity index (χ1n) is 13.0. The summed E-state index contributed by atoms with van der Waals surface area (Å²) in [5.74, 6) is -0.896. The molecule has 3 aromatic rings. The summed E-state index contributed by atoms with van der Waals surface area (Å²) in [6.45, 7) is 9.07. The largest absolute Gasteiger partial charge is 0.444 e. The number of ketones is 2. The number of carbonyl (C=O) groups is 4. The summed E-state index contributed by atoms with van der Waals surface area (Å²) in [5.41, 5.74) is 0.655. The fourth-order valence-electron chi connectivity index (χ4n) is 4.00. The Morgan fingerprint density at radius 2 is 1.62 bits per heavy atom. The minimum absolute atomic E-state index is 0.0531. The highest BCUT2D eigenvalue weighted by Gasteiger charge is 2.26. The summed E-state index contributed by atoms with van der Waals surface area (Å²) >= 11 is 6.12. The second-order valence-electron chi connectivity index (χ2n) is 11.1. The maximum atomic E-state index is 12.9. The standard InChI is InChI=1S/C30H35ClN4O5/c1-29(2,3)40-28(39)35-30(4,5)16-8-11-23(36)25-26(33-18-32-25)27(38)34-20-14-12-19(13-15-20)17-24(37)21-9-6-7-10-22(21)31/h6-7,9-10,12-15,18H,8,11,16-17H2,1-5H3,(H,32,33)(H,34,38)(H,35,39). The van der Waals surface area contributed by atoms with Crippen LogP contribution >= 0.6 is 11.6 Å². The van der Waals surface area contributed by atoms with E-state index in [2.05, 4.69) is 20.6 Å². The smallest absolute Gasteiger partial charge is 0.408 e. The summed E-state index contributed by atoms with van der Waals surface area (Å²) < 4.78 is 5.30. The number of rotatable bonds is 11. The number of aromatic nitrogens is 2. The number of hydrogen-bond donors (Lipinski definition) is 3. The minimum atomic E-state index is -0.606. The van der Waals surface area contributed by atoms with Gasteiger partial charge in [-0.15, -0.1) is 0 Å². The number of halogens is 1. The number of alkyl carbamates (subject to hydrolysis) is 1. The molecular formula is C30H35ClN4O5. The molecule has 3 rings (SSSR count). The average Bonchev–Trinajstić information content (AvgIpc) is 3.34. The van der Waals surface area contributed by atoms with Crippen LogP contribution in [0.4, 0.5) is 10.5 Å². The van der Waals surface area contributed by atoms with Crippen LogP contribution in [0.3, 0.4) is 0 Å². The monoisotopic (exact) mass is 566 g/mol. The first-order valence-corrected chi connectivity index (χ1v) is 13.4. The lowest BCUT2D eigenvalue weighted by atomic mass is 9.96. The first kappa shape index (κ1) is 30.6. The summed E-state index contributed by atoms with van der Waals surface area (Å²) in [5, 5.41) is 5.98. The molecule has 40 heavy (non-hydrogen) atoms. The Morgan fingerprint density at radius 1 is 0.950 bits per heavy atom. The van der Waals surface area contributed by atoms with Gasteiger partial charge in [0.25, 0.3) is 5.91 Å². The lowest BCUT2D eigenvalue weighted by Gasteiger charge is -2.28. The van der Waals surface area contributed by atoms with Crippen LogP contribution in [-0.2, 0) is 11.2 Å². The van der Waals surface area contributed by atoms with Gasteiger partial charge in [0.2, 0.25) is 0 Å². The number of ether oxygens (including phenoxy) is 1. The van der Waals surface area contributed by atoms with Gasteiger partial charge in [-0.1, -0.05) is 35.9 Å². The van der Waals surface area contributed by atoms with Crippen LogP contribution in [0.2, 0.25) is 5.02 Å². The normalized spacial score (nSPS) is 11.6. The van der Waals surface area contributed by atoms with Crippen molar-refractivity contribution in [3.8, 4) is 0 Å². The third-order valence-electron chi connectivity index (χ3n) is 5.93. The maximum Gasteiger partial charge on any atom is 0.408 e. The molecule has 10 heteroatoms. The quantitative estimate of drug-likeness (QED) is 0.230. The number of benzene rings is 2. The number of H-pyrrole nitrogens is 1. The molecule has 2 aromatic carbocycles. The topological polar surface area (TPSA) is 130 Å². The van der Waals surface area contributed by atoms with Gasteiger partial charge in [-0.3, -0.25) is 14.4 Å². The number of amides is 2. The van der Waals surface area contributed by atoms with E-state index in [9.17, 15) is 19.2 Å². The molecule has 0 aliphatic carbocycles. The van der Waals surface area contributed by atoms with E-state index in [0.29, 0.717) is 29.1 Å². The zero-order valence-electron chi connectivity index (χ0n) is 23.4. The van der Waals surface area contributed by atoms with Gasteiger partial charge in [0.15, 0.2) is 11.6 Å². The summed E-state index contributed by atoms with van der Waals surface area (Å²) in [4.78, 5) is 57.2. The summed E-state index contributed by atoms with van der Waals surface area (Å²) in [6, 6.07) is 13.7. The van der Waals surface area contributed by atoms with Gasteiger partial charge < -0.3 is 20.4 Å². The number of aromatic amines is 1. The molecule has 0 atom stereocenters. The number of nitrogens with zero attached hydrogens (tertiary/aromatic N) is 1. The summed E-state index contributed by atoms with van der Waals surface area (Å²) in [6.07, 6.45) is 2.11. The Bertz CT molecular complexity index is 1370. The zero-order chi connectivity index (χ0) is 29.5. The van der Waals surface area contributed by atoms with Crippen LogP contribution in [0.1, 0.15) is 90.8 Å². The molecule has 3 N–H and O–H groups in total. The Hall–Kier alpha value is -3.98. The van der Waals surface area contributed by atoms with Crippen molar-refractivity contribution in [1.82, 2.24) is 15.3 Å². The van der Waals surface area contributed by atoms with Crippen LogP contribution < -0.4 is 10.6 Å². The number of nitrogens with one attached hydrogen (secondary N) is 3. The Kier molecular flexibility index (Phi) is 9.87. The van der Waals surface area contributed by atoms with E-state index >= 15 is 0 Å². The molecule has 0 radical (unpaired) electrons. The van der Waals surface area contributed by atoms with Crippen molar-refractivity contribution < 1.29 is 23.9 Å². The van der Waals surface area contributed by atoms with Crippen molar-refractivity contribution in [2.24, 2.45) is 0 Å². The van der Waals surface area contributed by atoms with Crippen LogP contribution in [-0.4, -0.2) is 44.7 Å². The lowest BCUT2D eigenvalue weighted by molar-refractivity contribution is 0.0467. The van der Waals surface area contributed by atoms with Crippen molar-refractivity contribution in [3.63, 3.8) is 0 Å². The number of hydrogen-bond acceptors (Lipinski definition) is 6. The molecule has 0 saturated carbocycles. The first-order chi connectivity index (χ1) is 18.7. The fraction of sp³-hybridized carbons (Fsp3) is 0.367. The van der Waals surface area contributed by atoms with Gasteiger partial charge in [0, 0.05) is 29.6 Å². The number of Topliss-reactive ketones (excluding diaryl/α,β-unsaturated/α-hetero) is 2. The molecule has 0 saturated heterocycles. The van der Waals surface area contributed by atoms with Crippen molar-refractivity contribution in [2.45, 2.75) is 71.4 Å². The van der Waals surface area contributed by atoms with E-state index in [1.54, 1.807) is 69.3 Å². The minimum Gasteiger partial charge on any atom is -0.444 e. The highest BCUT2D eigenvalue weighted by molar-refractivity contribution is 6.34. The average molecular weight is 567 g/mol. The highest BCUT2D eigenvalue weighted by atomic mass is 35.5. The second-order valence-corrected chi connectivity index (χ2v) is 11.6. The van der Waals surface area contributed by atoms with Crippen LogP contribution in [0.5, 0.6) is 0 Å². The van der Waals surface area contributed by atoms with E-state index in [-0.39, 0.29) is 35.8 Å². The predicted octanol–water partition coefficient (Wildman–Crippen LogP) is 6.40. The van der Waals surface area contributed by atoms with Crippen molar-refractivity contribution in [1.29, 1.82) is 0 Å². The Balaban J connectivity index is 1.53. The van der Waals surface area contributed by atoms with E-state index in [1.807, 2.05) is 13.8 Å². The molecule has 2 amide bonds. The van der Waals surface area contributed by atoms with Crippen molar-refractivity contribution >= 4 is 40.9 Å². The Labute approximate surface area is 239 Å². The summed E-state index contributed by atoms with van der Waals surface area (Å²) in [7, 11) is 0. The molecular weight excluding hydrogens is 532 g/mol. The third kappa shape index (κ3) is 9.05. The molecule has 0 aliphatic rings. The van der Waals surface area contributed by atoms with E-state index < -0.39 is 23.1 Å². The second kappa shape index (κ2) is 12.9.